The van der Waals surface area contributed by atoms with Crippen molar-refractivity contribution < 1.29 is 9.32 Å². The van der Waals surface area contributed by atoms with E-state index in [0.717, 1.165) is 31.6 Å². The lowest BCUT2D eigenvalue weighted by Gasteiger charge is -2.42. The van der Waals surface area contributed by atoms with Gasteiger partial charge >= 0.3 is 0 Å². The lowest BCUT2D eigenvalue weighted by molar-refractivity contribution is -0.133. The van der Waals surface area contributed by atoms with Crippen LogP contribution in [0.1, 0.15) is 49.8 Å². The highest BCUT2D eigenvalue weighted by molar-refractivity contribution is 5.86. The molecule has 0 aliphatic carbocycles. The number of nitrogens with zero attached hydrogens (tertiary/aromatic N) is 6. The van der Waals surface area contributed by atoms with E-state index in [1.807, 2.05) is 11.0 Å². The molecule has 3 heterocycles. The predicted octanol–water partition coefficient (Wildman–Crippen LogP) is 4.37. The van der Waals surface area contributed by atoms with Gasteiger partial charge in [-0.3, -0.25) is 9.48 Å². The maximum absolute atomic E-state index is 13.3. The summed E-state index contributed by atoms with van der Waals surface area (Å²) in [7, 11) is 0. The summed E-state index contributed by atoms with van der Waals surface area (Å²) in [6.07, 6.45) is 1.83. The Hall–Kier alpha value is -3.68. The van der Waals surface area contributed by atoms with Crippen LogP contribution < -0.4 is 4.90 Å². The summed E-state index contributed by atoms with van der Waals surface area (Å²) in [6, 6.07) is 17.4. The molecule has 1 atom stereocenters. The molecule has 2 aromatic carbocycles. The molecular formula is C28H34N6O2. The second-order valence-corrected chi connectivity index (χ2v) is 9.83. The number of aryl methyl sites for hydroxylation is 2. The summed E-state index contributed by atoms with van der Waals surface area (Å²) < 4.78 is 7.36. The van der Waals surface area contributed by atoms with E-state index >= 15 is 0 Å². The van der Waals surface area contributed by atoms with Crippen LogP contribution in [0, 0.1) is 6.92 Å². The van der Waals surface area contributed by atoms with Crippen LogP contribution in [0.3, 0.4) is 0 Å². The quantitative estimate of drug-likeness (QED) is 0.386. The minimum absolute atomic E-state index is 0.0279. The molecule has 1 saturated heterocycles. The Balaban J connectivity index is 1.42. The van der Waals surface area contributed by atoms with E-state index in [1.54, 1.807) is 6.92 Å². The lowest BCUT2D eigenvalue weighted by atomic mass is 10.0. The summed E-state index contributed by atoms with van der Waals surface area (Å²) in [5, 5.41) is 9.92. The average molecular weight is 487 g/mol. The molecule has 188 valence electrons. The fourth-order valence-corrected chi connectivity index (χ4v) is 5.16. The summed E-state index contributed by atoms with van der Waals surface area (Å²) in [5.74, 6) is 0.948. The average Bonchev–Trinajstić information content (AvgIpc) is 3.47. The third kappa shape index (κ3) is 4.85. The second kappa shape index (κ2) is 10.1. The van der Waals surface area contributed by atoms with Crippen molar-refractivity contribution in [3.8, 4) is 0 Å². The first-order valence-corrected chi connectivity index (χ1v) is 12.8. The Morgan fingerprint density at radius 1 is 1.14 bits per heavy atom. The molecule has 1 amide bonds. The number of hydrogen-bond donors (Lipinski definition) is 0. The first-order valence-electron chi connectivity index (χ1n) is 12.8. The molecule has 36 heavy (non-hydrogen) atoms. The fourth-order valence-electron chi connectivity index (χ4n) is 5.16. The van der Waals surface area contributed by atoms with E-state index in [0.29, 0.717) is 18.3 Å². The van der Waals surface area contributed by atoms with Gasteiger partial charge < -0.3 is 14.3 Å². The van der Waals surface area contributed by atoms with Crippen LogP contribution in [0.25, 0.3) is 10.9 Å². The predicted molar refractivity (Wildman–Crippen MR) is 140 cm³/mol. The highest BCUT2D eigenvalue weighted by Gasteiger charge is 2.32. The molecule has 5 rings (SSSR count). The highest BCUT2D eigenvalue weighted by Crippen LogP contribution is 2.29. The maximum Gasteiger partial charge on any atom is 0.236 e. The minimum Gasteiger partial charge on any atom is -0.368 e. The van der Waals surface area contributed by atoms with E-state index in [-0.39, 0.29) is 24.4 Å². The van der Waals surface area contributed by atoms with Crippen molar-refractivity contribution in [1.29, 1.82) is 0 Å². The molecule has 0 radical (unpaired) electrons. The molecule has 0 bridgehead atoms. The summed E-state index contributed by atoms with van der Waals surface area (Å²) in [4.78, 5) is 21.9. The molecule has 1 aliphatic rings. The van der Waals surface area contributed by atoms with Crippen LogP contribution in [0.2, 0.25) is 0 Å². The lowest BCUT2D eigenvalue weighted by Crippen LogP contribution is -2.56. The smallest absolute Gasteiger partial charge is 0.236 e. The first-order chi connectivity index (χ1) is 17.4. The van der Waals surface area contributed by atoms with Crippen molar-refractivity contribution in [1.82, 2.24) is 24.8 Å². The van der Waals surface area contributed by atoms with Crippen molar-refractivity contribution >= 4 is 22.5 Å². The van der Waals surface area contributed by atoms with Crippen LogP contribution in [0.4, 0.5) is 5.69 Å². The Labute approximate surface area is 211 Å². The number of amides is 1. The van der Waals surface area contributed by atoms with Gasteiger partial charge in [0.05, 0.1) is 17.3 Å². The molecule has 2 aromatic heterocycles. The second-order valence-electron chi connectivity index (χ2n) is 9.83. The van der Waals surface area contributed by atoms with Gasteiger partial charge in [-0.1, -0.05) is 42.4 Å². The zero-order valence-corrected chi connectivity index (χ0v) is 21.5. The number of anilines is 1. The number of fused-ring (bicyclic) bond motifs is 1. The largest absolute Gasteiger partial charge is 0.368 e. The van der Waals surface area contributed by atoms with Crippen LogP contribution >= 0.6 is 0 Å². The SMILES string of the molecule is CCc1nn(C(C)C)c2cc(N3CCN(C(=O)Cc4nc(C)no4)[C@@H](Cc4ccccc4)C3)ccc12. The molecule has 0 spiro atoms. The van der Waals surface area contributed by atoms with Crippen LogP contribution in [0.15, 0.2) is 53.1 Å². The van der Waals surface area contributed by atoms with Crippen molar-refractivity contribution in [2.45, 2.75) is 59.0 Å². The van der Waals surface area contributed by atoms with Crippen molar-refractivity contribution in [3.63, 3.8) is 0 Å². The maximum atomic E-state index is 13.3. The van der Waals surface area contributed by atoms with E-state index in [1.165, 1.54) is 22.2 Å². The fraction of sp³-hybridized carbons (Fsp3) is 0.429. The monoisotopic (exact) mass is 486 g/mol. The van der Waals surface area contributed by atoms with Crippen molar-refractivity contribution in [2.75, 3.05) is 24.5 Å². The number of carbonyl (C=O) groups excluding carboxylic acids is 1. The van der Waals surface area contributed by atoms with Crippen molar-refractivity contribution in [3.05, 3.63) is 71.5 Å². The number of aromatic nitrogens is 4. The van der Waals surface area contributed by atoms with Gasteiger partial charge in [-0.05, 0) is 57.4 Å². The van der Waals surface area contributed by atoms with Gasteiger partial charge in [0.15, 0.2) is 5.82 Å². The summed E-state index contributed by atoms with van der Waals surface area (Å²) in [6.45, 7) is 10.4. The number of hydrogen-bond acceptors (Lipinski definition) is 6. The summed E-state index contributed by atoms with van der Waals surface area (Å²) >= 11 is 0. The molecule has 1 fully saturated rings. The van der Waals surface area contributed by atoms with Gasteiger partial charge in [-0.2, -0.15) is 10.1 Å². The zero-order chi connectivity index (χ0) is 25.2. The Morgan fingerprint density at radius 2 is 1.94 bits per heavy atom. The van der Waals surface area contributed by atoms with Gasteiger partial charge in [0.2, 0.25) is 11.8 Å². The highest BCUT2D eigenvalue weighted by atomic mass is 16.5. The molecule has 0 saturated carbocycles. The van der Waals surface area contributed by atoms with E-state index in [2.05, 4.69) is 83.0 Å². The number of rotatable bonds is 7. The third-order valence-electron chi connectivity index (χ3n) is 6.95. The zero-order valence-electron chi connectivity index (χ0n) is 21.5. The van der Waals surface area contributed by atoms with Crippen LogP contribution in [-0.2, 0) is 24.1 Å². The Bertz CT molecular complexity index is 1340. The topological polar surface area (TPSA) is 80.3 Å². The van der Waals surface area contributed by atoms with Crippen LogP contribution in [-0.4, -0.2) is 56.4 Å². The van der Waals surface area contributed by atoms with Crippen molar-refractivity contribution in [2.24, 2.45) is 0 Å². The molecule has 8 heteroatoms. The van der Waals surface area contributed by atoms with Gasteiger partial charge in [0.25, 0.3) is 0 Å². The first kappa shape index (κ1) is 24.0. The number of carbonyl (C=O) groups is 1. The normalized spacial score (nSPS) is 16.3. The Kier molecular flexibility index (Phi) is 6.76. The van der Waals surface area contributed by atoms with Gasteiger partial charge in [-0.15, -0.1) is 0 Å². The van der Waals surface area contributed by atoms with Crippen LogP contribution in [0.5, 0.6) is 0 Å². The van der Waals surface area contributed by atoms with Gasteiger partial charge in [0, 0.05) is 36.7 Å². The third-order valence-corrected chi connectivity index (χ3v) is 6.95. The van der Waals surface area contributed by atoms with E-state index < -0.39 is 0 Å². The Morgan fingerprint density at radius 3 is 2.64 bits per heavy atom. The van der Waals surface area contributed by atoms with Gasteiger partial charge in [0.1, 0.15) is 6.42 Å². The molecule has 0 unspecified atom stereocenters. The molecule has 4 aromatic rings. The number of piperazine rings is 1. The molecule has 8 nitrogen and oxygen atoms in total. The van der Waals surface area contributed by atoms with E-state index in [4.69, 9.17) is 9.62 Å². The molecule has 1 aliphatic heterocycles. The molecule has 0 N–H and O–H groups in total. The minimum atomic E-state index is 0.0279. The summed E-state index contributed by atoms with van der Waals surface area (Å²) in [5.41, 5.74) is 4.70. The van der Waals surface area contributed by atoms with E-state index in [9.17, 15) is 4.79 Å². The number of benzene rings is 2. The van der Waals surface area contributed by atoms with Gasteiger partial charge in [-0.25, -0.2) is 0 Å². The standard InChI is InChI=1S/C28H34N6O2/c1-5-25-24-12-11-22(16-26(24)34(30-25)19(2)3)32-13-14-33(28(35)17-27-29-20(4)31-36-27)23(18-32)15-21-9-7-6-8-10-21/h6-12,16,19,23H,5,13-15,17-18H2,1-4H3/t23-/m0/s1. The molecular weight excluding hydrogens is 452 g/mol.